The molecular formula is C6H9N3O2S. The molecule has 1 aromatic rings. The van der Waals surface area contributed by atoms with Gasteiger partial charge in [-0.25, -0.2) is 10.8 Å². The van der Waals surface area contributed by atoms with Crippen LogP contribution in [0, 0.1) is 0 Å². The van der Waals surface area contributed by atoms with E-state index in [-0.39, 0.29) is 5.91 Å². The highest BCUT2D eigenvalue weighted by Gasteiger charge is 2.08. The molecule has 0 aliphatic heterocycles. The Balaban J connectivity index is 2.70. The Bertz CT molecular complexity index is 274. The summed E-state index contributed by atoms with van der Waals surface area (Å²) in [4.78, 5) is 14.9. The Morgan fingerprint density at radius 2 is 2.67 bits per heavy atom. The monoisotopic (exact) mass is 187 g/mol. The minimum atomic E-state index is -0.373. The maximum atomic E-state index is 10.9. The van der Waals surface area contributed by atoms with E-state index in [0.717, 1.165) is 5.69 Å². The smallest absolute Gasteiger partial charge is 0.294 e. The van der Waals surface area contributed by atoms with Crippen molar-refractivity contribution in [3.8, 4) is 0 Å². The van der Waals surface area contributed by atoms with E-state index in [1.165, 1.54) is 11.3 Å². The third kappa shape index (κ3) is 2.00. The maximum absolute atomic E-state index is 10.9. The molecule has 0 spiro atoms. The summed E-state index contributed by atoms with van der Waals surface area (Å²) in [6.07, 6.45) is 0. The lowest BCUT2D eigenvalue weighted by Crippen LogP contribution is -2.29. The SMILES string of the molecule is COCc1csc(C(=O)NN)n1. The van der Waals surface area contributed by atoms with Gasteiger partial charge >= 0.3 is 0 Å². The van der Waals surface area contributed by atoms with Crippen molar-refractivity contribution in [3.05, 3.63) is 16.1 Å². The van der Waals surface area contributed by atoms with E-state index in [9.17, 15) is 4.79 Å². The van der Waals surface area contributed by atoms with Gasteiger partial charge in [-0.1, -0.05) is 0 Å². The van der Waals surface area contributed by atoms with Gasteiger partial charge in [0.05, 0.1) is 12.3 Å². The zero-order valence-corrected chi connectivity index (χ0v) is 7.35. The molecule has 3 N–H and O–H groups in total. The van der Waals surface area contributed by atoms with Gasteiger partial charge in [0.15, 0.2) is 5.01 Å². The van der Waals surface area contributed by atoms with Gasteiger partial charge in [-0.05, 0) is 0 Å². The maximum Gasteiger partial charge on any atom is 0.294 e. The fraction of sp³-hybridized carbons (Fsp3) is 0.333. The number of ether oxygens (including phenoxy) is 1. The summed E-state index contributed by atoms with van der Waals surface area (Å²) in [5.74, 6) is 4.55. The quantitative estimate of drug-likeness (QED) is 0.393. The van der Waals surface area contributed by atoms with Gasteiger partial charge in [-0.3, -0.25) is 10.2 Å². The molecule has 5 nitrogen and oxygen atoms in total. The number of hydrazine groups is 1. The number of carbonyl (C=O) groups excluding carboxylic acids is 1. The summed E-state index contributed by atoms with van der Waals surface area (Å²) < 4.78 is 4.84. The Kier molecular flexibility index (Phi) is 3.15. The largest absolute Gasteiger partial charge is 0.378 e. The van der Waals surface area contributed by atoms with Crippen molar-refractivity contribution in [2.45, 2.75) is 6.61 Å². The summed E-state index contributed by atoms with van der Waals surface area (Å²) in [7, 11) is 1.57. The molecule has 1 heterocycles. The second-order valence-electron chi connectivity index (χ2n) is 2.05. The van der Waals surface area contributed by atoms with Crippen LogP contribution >= 0.6 is 11.3 Å². The Morgan fingerprint density at radius 1 is 1.92 bits per heavy atom. The fourth-order valence-corrected chi connectivity index (χ4v) is 1.39. The highest BCUT2D eigenvalue weighted by molar-refractivity contribution is 7.11. The van der Waals surface area contributed by atoms with Crippen LogP contribution in [0.25, 0.3) is 0 Å². The van der Waals surface area contributed by atoms with Gasteiger partial charge < -0.3 is 4.74 Å². The van der Waals surface area contributed by atoms with Crippen LogP contribution in [0.4, 0.5) is 0 Å². The van der Waals surface area contributed by atoms with Crippen molar-refractivity contribution >= 4 is 17.2 Å². The van der Waals surface area contributed by atoms with Gasteiger partial charge in [0, 0.05) is 12.5 Å². The number of methoxy groups -OCH3 is 1. The molecule has 0 radical (unpaired) electrons. The number of rotatable bonds is 3. The number of thiazole rings is 1. The molecule has 1 aromatic heterocycles. The van der Waals surface area contributed by atoms with Crippen molar-refractivity contribution in [2.24, 2.45) is 5.84 Å². The molecule has 0 saturated heterocycles. The van der Waals surface area contributed by atoms with E-state index < -0.39 is 0 Å². The molecular weight excluding hydrogens is 178 g/mol. The summed E-state index contributed by atoms with van der Waals surface area (Å²) >= 11 is 1.24. The number of aromatic nitrogens is 1. The van der Waals surface area contributed by atoms with Crippen LogP contribution in [0.5, 0.6) is 0 Å². The third-order valence-corrected chi connectivity index (χ3v) is 2.06. The number of nitrogens with one attached hydrogen (secondary N) is 1. The summed E-state index contributed by atoms with van der Waals surface area (Å²) in [5, 5.41) is 2.11. The number of amides is 1. The Labute approximate surface area is 73.5 Å². The van der Waals surface area contributed by atoms with Crippen LogP contribution < -0.4 is 11.3 Å². The number of nitrogens with zero attached hydrogens (tertiary/aromatic N) is 1. The normalized spacial score (nSPS) is 9.83. The number of carbonyl (C=O) groups is 1. The highest BCUT2D eigenvalue weighted by Crippen LogP contribution is 2.09. The zero-order valence-electron chi connectivity index (χ0n) is 6.53. The molecule has 66 valence electrons. The first-order valence-corrected chi connectivity index (χ1v) is 4.10. The molecule has 0 atom stereocenters. The average molecular weight is 187 g/mol. The minimum absolute atomic E-state index is 0.351. The summed E-state index contributed by atoms with van der Waals surface area (Å²) in [5.41, 5.74) is 2.74. The van der Waals surface area contributed by atoms with Crippen LogP contribution in [0.15, 0.2) is 5.38 Å². The molecule has 0 bridgehead atoms. The summed E-state index contributed by atoms with van der Waals surface area (Å²) in [6, 6.07) is 0. The first-order chi connectivity index (χ1) is 5.77. The fourth-order valence-electron chi connectivity index (χ4n) is 0.687. The number of nitrogen functional groups attached to an aromatic ring is 1. The van der Waals surface area contributed by atoms with Crippen molar-refractivity contribution in [2.75, 3.05) is 7.11 Å². The first-order valence-electron chi connectivity index (χ1n) is 3.22. The predicted octanol–water partition coefficient (Wildman–Crippen LogP) is -0.107. The van der Waals surface area contributed by atoms with Crippen LogP contribution in [-0.2, 0) is 11.3 Å². The molecule has 0 unspecified atom stereocenters. The number of hydrogen-bond donors (Lipinski definition) is 2. The van der Waals surface area contributed by atoms with E-state index in [1.54, 1.807) is 12.5 Å². The van der Waals surface area contributed by atoms with Gasteiger partial charge in [-0.2, -0.15) is 0 Å². The molecule has 0 fully saturated rings. The number of hydrogen-bond acceptors (Lipinski definition) is 5. The van der Waals surface area contributed by atoms with Crippen molar-refractivity contribution in [3.63, 3.8) is 0 Å². The topological polar surface area (TPSA) is 77.2 Å². The van der Waals surface area contributed by atoms with Crippen molar-refractivity contribution < 1.29 is 9.53 Å². The molecule has 0 saturated carbocycles. The lowest BCUT2D eigenvalue weighted by molar-refractivity contribution is 0.0952. The molecule has 0 aliphatic rings. The third-order valence-electron chi connectivity index (χ3n) is 1.17. The predicted molar refractivity (Wildman–Crippen MR) is 44.5 cm³/mol. The van der Waals surface area contributed by atoms with Gasteiger partial charge in [0.2, 0.25) is 0 Å². The zero-order chi connectivity index (χ0) is 8.97. The molecule has 1 rings (SSSR count). The van der Waals surface area contributed by atoms with Gasteiger partial charge in [0.1, 0.15) is 0 Å². The van der Waals surface area contributed by atoms with E-state index in [0.29, 0.717) is 11.6 Å². The molecule has 12 heavy (non-hydrogen) atoms. The van der Waals surface area contributed by atoms with E-state index in [2.05, 4.69) is 4.98 Å². The Morgan fingerprint density at radius 3 is 3.25 bits per heavy atom. The summed E-state index contributed by atoms with van der Waals surface area (Å²) in [6.45, 7) is 0.411. The van der Waals surface area contributed by atoms with E-state index in [1.807, 2.05) is 5.43 Å². The molecule has 0 aliphatic carbocycles. The lowest BCUT2D eigenvalue weighted by atomic mass is 10.5. The second kappa shape index (κ2) is 4.15. The number of nitrogens with two attached hydrogens (primary N) is 1. The highest BCUT2D eigenvalue weighted by atomic mass is 32.1. The van der Waals surface area contributed by atoms with Gasteiger partial charge in [0.25, 0.3) is 5.91 Å². The van der Waals surface area contributed by atoms with E-state index >= 15 is 0 Å². The van der Waals surface area contributed by atoms with Crippen LogP contribution in [0.2, 0.25) is 0 Å². The Hall–Kier alpha value is -0.980. The first kappa shape index (κ1) is 9.11. The van der Waals surface area contributed by atoms with Gasteiger partial charge in [-0.15, -0.1) is 11.3 Å². The van der Waals surface area contributed by atoms with Crippen molar-refractivity contribution in [1.29, 1.82) is 0 Å². The molecule has 1 amide bonds. The standard InChI is InChI=1S/C6H9N3O2S/c1-11-2-4-3-12-6(8-4)5(10)9-7/h3H,2,7H2,1H3,(H,9,10). The average Bonchev–Trinajstić information content (AvgIpc) is 2.52. The van der Waals surface area contributed by atoms with Crippen LogP contribution in [0.1, 0.15) is 15.5 Å². The van der Waals surface area contributed by atoms with Crippen molar-refractivity contribution in [1.82, 2.24) is 10.4 Å². The van der Waals surface area contributed by atoms with E-state index in [4.69, 9.17) is 10.6 Å². The molecule has 0 aromatic carbocycles. The van der Waals surface area contributed by atoms with Crippen LogP contribution in [-0.4, -0.2) is 18.0 Å². The lowest BCUT2D eigenvalue weighted by Gasteiger charge is -1.92. The molecule has 6 heteroatoms. The van der Waals surface area contributed by atoms with Crippen LogP contribution in [0.3, 0.4) is 0 Å². The minimum Gasteiger partial charge on any atom is -0.378 e. The second-order valence-corrected chi connectivity index (χ2v) is 2.91.